The Balaban J connectivity index is 4.47. The molecule has 0 spiro atoms. The highest BCUT2D eigenvalue weighted by atomic mass is 16.7. The van der Waals surface area contributed by atoms with Crippen molar-refractivity contribution in [2.24, 2.45) is 0 Å². The molecular weight excluding hydrogens is 138 g/mol. The van der Waals surface area contributed by atoms with Crippen LogP contribution >= 0.6 is 0 Å². The maximum absolute atomic E-state index is 9.82. The van der Waals surface area contributed by atoms with E-state index in [2.05, 4.69) is 0 Å². The molecule has 0 heterocycles. The lowest BCUT2D eigenvalue weighted by atomic mass is 10.2. The van der Waals surface area contributed by atoms with Gasteiger partial charge in [0.25, 0.3) is 0 Å². The predicted molar refractivity (Wildman–Crippen MR) is 27.8 cm³/mol. The van der Waals surface area contributed by atoms with Gasteiger partial charge >= 0.3 is 5.72 Å². The number of nitrogens with zero attached hydrogens (tertiary/aromatic N) is 3. The first-order chi connectivity index (χ1) is 4.56. The molecule has 0 aliphatic rings. The van der Waals surface area contributed by atoms with Crippen molar-refractivity contribution in [1.29, 1.82) is 10.5 Å². The van der Waals surface area contributed by atoms with E-state index in [-0.39, 0.29) is 0 Å². The zero-order valence-electron chi connectivity index (χ0n) is 4.81. The second-order valence-electron chi connectivity index (χ2n) is 1.52. The first kappa shape index (κ1) is 8.34. The van der Waals surface area contributed by atoms with Crippen LogP contribution in [0.4, 0.5) is 0 Å². The first-order valence-corrected chi connectivity index (χ1v) is 2.22. The fourth-order valence-corrected chi connectivity index (χ4v) is 0.255. The van der Waals surface area contributed by atoms with Crippen LogP contribution in [0.25, 0.3) is 0 Å². The minimum Gasteiger partial charge on any atom is -0.318 e. The van der Waals surface area contributed by atoms with E-state index in [1.807, 2.05) is 0 Å². The minimum atomic E-state index is -2.74. The van der Waals surface area contributed by atoms with Crippen molar-refractivity contribution in [3.05, 3.63) is 10.1 Å². The number of aliphatic hydroxyl groups is 1. The van der Waals surface area contributed by atoms with Gasteiger partial charge in [-0.1, -0.05) is 0 Å². The Morgan fingerprint density at radius 1 is 1.70 bits per heavy atom. The molecule has 0 fully saturated rings. The molecule has 6 nitrogen and oxygen atoms in total. The zero-order chi connectivity index (χ0) is 8.20. The highest BCUT2D eigenvalue weighted by Crippen LogP contribution is 2.07. The van der Waals surface area contributed by atoms with E-state index in [4.69, 9.17) is 15.6 Å². The number of rotatable bonds is 2. The van der Waals surface area contributed by atoms with Crippen molar-refractivity contribution in [3.63, 3.8) is 0 Å². The van der Waals surface area contributed by atoms with Crippen molar-refractivity contribution < 1.29 is 10.0 Å². The van der Waals surface area contributed by atoms with E-state index < -0.39 is 17.1 Å². The summed E-state index contributed by atoms with van der Waals surface area (Å²) in [5.41, 5.74) is -2.74. The molecule has 0 bridgehead atoms. The van der Waals surface area contributed by atoms with Crippen LogP contribution in [-0.2, 0) is 0 Å². The largest absolute Gasteiger partial charge is 0.423 e. The third kappa shape index (κ3) is 1.41. The summed E-state index contributed by atoms with van der Waals surface area (Å²) in [5.74, 6) is 0. The lowest BCUT2D eigenvalue weighted by Gasteiger charge is -2.04. The molecule has 0 aliphatic carbocycles. The van der Waals surface area contributed by atoms with Gasteiger partial charge in [-0.15, -0.1) is 0 Å². The summed E-state index contributed by atoms with van der Waals surface area (Å²) in [6, 6.07) is 2.34. The van der Waals surface area contributed by atoms with Crippen LogP contribution in [0.1, 0.15) is 6.42 Å². The van der Waals surface area contributed by atoms with Gasteiger partial charge in [0.2, 0.25) is 0 Å². The van der Waals surface area contributed by atoms with Gasteiger partial charge < -0.3 is 5.11 Å². The van der Waals surface area contributed by atoms with Gasteiger partial charge in [0.05, 0.1) is 11.0 Å². The average Bonchev–Trinajstić information content (AvgIpc) is 1.88. The molecule has 52 valence electrons. The number of nitro groups is 1. The van der Waals surface area contributed by atoms with Crippen molar-refractivity contribution in [3.8, 4) is 12.1 Å². The van der Waals surface area contributed by atoms with Gasteiger partial charge in [-0.25, -0.2) is 0 Å². The highest BCUT2D eigenvalue weighted by Gasteiger charge is 2.40. The average molecular weight is 141 g/mol. The van der Waals surface area contributed by atoms with Gasteiger partial charge in [0, 0.05) is 0 Å². The fourth-order valence-electron chi connectivity index (χ4n) is 0.255. The molecule has 0 saturated heterocycles. The molecule has 0 aromatic rings. The quantitative estimate of drug-likeness (QED) is 0.238. The Kier molecular flexibility index (Phi) is 2.30. The van der Waals surface area contributed by atoms with Crippen LogP contribution in [0.15, 0.2) is 0 Å². The Morgan fingerprint density at radius 3 is 2.30 bits per heavy atom. The molecule has 10 heavy (non-hydrogen) atoms. The van der Waals surface area contributed by atoms with E-state index in [1.54, 1.807) is 0 Å². The Labute approximate surface area is 56.1 Å². The lowest BCUT2D eigenvalue weighted by Crippen LogP contribution is -2.35. The van der Waals surface area contributed by atoms with E-state index in [1.165, 1.54) is 6.07 Å². The summed E-state index contributed by atoms with van der Waals surface area (Å²) in [6.45, 7) is 0. The van der Waals surface area contributed by atoms with Crippen LogP contribution in [0, 0.1) is 32.8 Å². The summed E-state index contributed by atoms with van der Waals surface area (Å²) in [4.78, 5) is 8.63. The molecule has 0 saturated carbocycles. The minimum absolute atomic E-state index is 0.823. The van der Waals surface area contributed by atoms with Crippen molar-refractivity contribution >= 4 is 0 Å². The predicted octanol–water partition coefficient (Wildman–Crippen LogP) is -0.611. The summed E-state index contributed by atoms with van der Waals surface area (Å²) < 4.78 is 0. The van der Waals surface area contributed by atoms with Crippen LogP contribution in [-0.4, -0.2) is 15.8 Å². The van der Waals surface area contributed by atoms with E-state index in [0.717, 1.165) is 6.07 Å². The van der Waals surface area contributed by atoms with Crippen LogP contribution in [0.2, 0.25) is 0 Å². The molecule has 6 heteroatoms. The summed E-state index contributed by atoms with van der Waals surface area (Å²) in [6.07, 6.45) is -0.823. The fraction of sp³-hybridized carbons (Fsp3) is 0.500. The van der Waals surface area contributed by atoms with Gasteiger partial charge in [-0.2, -0.15) is 10.5 Å². The number of hydrogen-bond acceptors (Lipinski definition) is 5. The summed E-state index contributed by atoms with van der Waals surface area (Å²) >= 11 is 0. The number of nitriles is 2. The Hall–Kier alpha value is -1.66. The van der Waals surface area contributed by atoms with Crippen molar-refractivity contribution in [2.45, 2.75) is 12.1 Å². The molecular formula is C4H3N3O3. The standard InChI is InChI=1S/C4H3N3O3/c5-2-1-4(8,3-6)7(9)10/h8H,1H2. The monoisotopic (exact) mass is 141 g/mol. The van der Waals surface area contributed by atoms with Crippen molar-refractivity contribution in [2.75, 3.05) is 0 Å². The lowest BCUT2D eigenvalue weighted by molar-refractivity contribution is -0.603. The van der Waals surface area contributed by atoms with E-state index in [0.29, 0.717) is 0 Å². The van der Waals surface area contributed by atoms with Crippen LogP contribution in [0.3, 0.4) is 0 Å². The second kappa shape index (κ2) is 2.76. The summed E-state index contributed by atoms with van der Waals surface area (Å²) in [5, 5.41) is 34.3. The topological polar surface area (TPSA) is 111 Å². The number of hydrogen-bond donors (Lipinski definition) is 1. The van der Waals surface area contributed by atoms with Crippen molar-refractivity contribution in [1.82, 2.24) is 0 Å². The Morgan fingerprint density at radius 2 is 2.20 bits per heavy atom. The molecule has 0 rings (SSSR count). The van der Waals surface area contributed by atoms with Gasteiger partial charge in [0.15, 0.2) is 6.07 Å². The molecule has 1 unspecified atom stereocenters. The Bertz CT molecular complexity index is 225. The molecule has 0 aromatic heterocycles. The summed E-state index contributed by atoms with van der Waals surface area (Å²) in [7, 11) is 0. The highest BCUT2D eigenvalue weighted by molar-refractivity contribution is 4.97. The molecule has 1 N–H and O–H groups in total. The van der Waals surface area contributed by atoms with Crippen LogP contribution in [0.5, 0.6) is 0 Å². The smallest absolute Gasteiger partial charge is 0.318 e. The molecule has 0 amide bonds. The van der Waals surface area contributed by atoms with Gasteiger partial charge in [0.1, 0.15) is 6.42 Å². The third-order valence-electron chi connectivity index (χ3n) is 0.807. The zero-order valence-corrected chi connectivity index (χ0v) is 4.81. The van der Waals surface area contributed by atoms with E-state index >= 15 is 0 Å². The molecule has 0 radical (unpaired) electrons. The second-order valence-corrected chi connectivity index (χ2v) is 1.52. The first-order valence-electron chi connectivity index (χ1n) is 2.22. The molecule has 0 aliphatic heterocycles. The van der Waals surface area contributed by atoms with E-state index in [9.17, 15) is 10.1 Å². The van der Waals surface area contributed by atoms with Gasteiger partial charge in [-0.05, 0) is 0 Å². The molecule has 1 atom stereocenters. The molecule has 0 aromatic carbocycles. The third-order valence-corrected chi connectivity index (χ3v) is 0.807. The van der Waals surface area contributed by atoms with Crippen LogP contribution < -0.4 is 0 Å². The normalized spacial score (nSPS) is 14.3. The van der Waals surface area contributed by atoms with Gasteiger partial charge in [-0.3, -0.25) is 10.1 Å². The maximum Gasteiger partial charge on any atom is 0.423 e. The maximum atomic E-state index is 9.82. The SMILES string of the molecule is N#CCC(O)(C#N)[N+](=O)[O-].